The van der Waals surface area contributed by atoms with Crippen molar-refractivity contribution >= 4 is 11.6 Å². The molecule has 0 bridgehead atoms. The second-order valence-electron chi connectivity index (χ2n) is 10.3. The van der Waals surface area contributed by atoms with E-state index >= 15 is 0 Å². The molecule has 2 aliphatic heterocycles. The van der Waals surface area contributed by atoms with E-state index < -0.39 is 6.10 Å². The van der Waals surface area contributed by atoms with Crippen molar-refractivity contribution in [2.24, 2.45) is 0 Å². The van der Waals surface area contributed by atoms with Crippen molar-refractivity contribution < 1.29 is 14.6 Å². The minimum atomic E-state index is -0.577. The summed E-state index contributed by atoms with van der Waals surface area (Å²) < 4.78 is 7.53. The average molecular weight is 477 g/mol. The first-order valence-corrected chi connectivity index (χ1v) is 12.7. The van der Waals surface area contributed by atoms with Gasteiger partial charge in [0.1, 0.15) is 11.3 Å². The van der Waals surface area contributed by atoms with Gasteiger partial charge < -0.3 is 19.1 Å². The molecule has 0 saturated carbocycles. The highest BCUT2D eigenvalue weighted by molar-refractivity contribution is 5.93. The normalized spacial score (nSPS) is 21.9. The molecule has 4 heterocycles. The number of pyridine rings is 1. The molecule has 1 fully saturated rings. The van der Waals surface area contributed by atoms with Gasteiger partial charge in [0.05, 0.1) is 12.2 Å². The Morgan fingerprint density at radius 3 is 2.63 bits per heavy atom. The maximum Gasteiger partial charge on any atom is 0.274 e. The summed E-state index contributed by atoms with van der Waals surface area (Å²) in [5.74, 6) is 0.219. The Balaban J connectivity index is 1.33. The molecule has 3 aromatic rings. The molecule has 2 aromatic heterocycles. The molecule has 2 aliphatic rings. The average Bonchev–Trinajstić information content (AvgIpc) is 3.31. The highest BCUT2D eigenvalue weighted by atomic mass is 16.5. The van der Waals surface area contributed by atoms with Crippen LogP contribution in [0.5, 0.6) is 0 Å². The molecule has 3 atom stereocenters. The number of methoxy groups -OCH3 is 1. The Hall–Kier alpha value is -2.74. The lowest BCUT2D eigenvalue weighted by Crippen LogP contribution is -2.56. The molecule has 0 unspecified atom stereocenters. The summed E-state index contributed by atoms with van der Waals surface area (Å²) >= 11 is 0. The van der Waals surface area contributed by atoms with Gasteiger partial charge in [-0.3, -0.25) is 9.69 Å². The molecule has 35 heavy (non-hydrogen) atoms. The number of imidazole rings is 1. The third kappa shape index (κ3) is 4.60. The molecule has 0 radical (unpaired) electrons. The number of β-amino-alcohol motifs (C(OH)–C–C–N with tert-alkyl or cyclic N) is 1. The molecule has 186 valence electrons. The van der Waals surface area contributed by atoms with Crippen molar-refractivity contribution in [1.29, 1.82) is 0 Å². The Morgan fingerprint density at radius 1 is 1.14 bits per heavy atom. The first kappa shape index (κ1) is 24.0. The number of piperidine rings is 1. The number of aromatic nitrogens is 2. The molecule has 0 spiro atoms. The van der Waals surface area contributed by atoms with E-state index in [1.165, 1.54) is 16.7 Å². The Morgan fingerprint density at radius 2 is 1.91 bits per heavy atom. The molecular weight excluding hydrogens is 440 g/mol. The van der Waals surface area contributed by atoms with E-state index in [0.29, 0.717) is 24.7 Å². The zero-order chi connectivity index (χ0) is 24.7. The number of aliphatic hydroxyl groups excluding tert-OH is 1. The maximum absolute atomic E-state index is 13.4. The highest BCUT2D eigenvalue weighted by Gasteiger charge is 2.36. The maximum atomic E-state index is 13.4. The van der Waals surface area contributed by atoms with Crippen LogP contribution in [0.4, 0.5) is 0 Å². The van der Waals surface area contributed by atoms with Gasteiger partial charge in [-0.05, 0) is 48.4 Å². The van der Waals surface area contributed by atoms with Crippen molar-refractivity contribution in [1.82, 2.24) is 19.2 Å². The lowest BCUT2D eigenvalue weighted by Gasteiger charge is -2.43. The van der Waals surface area contributed by atoms with Crippen LogP contribution in [-0.4, -0.2) is 69.1 Å². The lowest BCUT2D eigenvalue weighted by molar-refractivity contribution is -0.0139. The number of rotatable bonds is 5. The van der Waals surface area contributed by atoms with Crippen molar-refractivity contribution in [3.63, 3.8) is 0 Å². The smallest absolute Gasteiger partial charge is 0.274 e. The molecule has 7 heteroatoms. The van der Waals surface area contributed by atoms with Gasteiger partial charge in [0.2, 0.25) is 0 Å². The SMILES string of the molecule is CO[C@H](C)c1cc(C(C)C)cn2cc(C(=O)N3CC[C@H](N4CCc5ccccc5C4)[C@@H](O)C3)nc12. The van der Waals surface area contributed by atoms with E-state index in [0.717, 1.165) is 37.1 Å². The molecule has 7 nitrogen and oxygen atoms in total. The summed E-state index contributed by atoms with van der Waals surface area (Å²) in [5.41, 5.74) is 6.05. The summed E-state index contributed by atoms with van der Waals surface area (Å²) in [7, 11) is 1.69. The fourth-order valence-corrected chi connectivity index (χ4v) is 5.48. The third-order valence-corrected chi connectivity index (χ3v) is 7.74. The number of ether oxygens (including phenoxy) is 1. The van der Waals surface area contributed by atoms with Crippen LogP contribution in [0.15, 0.2) is 42.7 Å². The van der Waals surface area contributed by atoms with Crippen molar-refractivity contribution in [2.45, 2.75) is 64.3 Å². The van der Waals surface area contributed by atoms with Gasteiger partial charge in [0.25, 0.3) is 5.91 Å². The highest BCUT2D eigenvalue weighted by Crippen LogP contribution is 2.28. The van der Waals surface area contributed by atoms with Gasteiger partial charge in [0.15, 0.2) is 0 Å². The van der Waals surface area contributed by atoms with Crippen LogP contribution in [0.25, 0.3) is 5.65 Å². The second kappa shape index (κ2) is 9.72. The predicted molar refractivity (Wildman–Crippen MR) is 136 cm³/mol. The van der Waals surface area contributed by atoms with Crippen LogP contribution >= 0.6 is 0 Å². The molecule has 1 aromatic carbocycles. The van der Waals surface area contributed by atoms with E-state index in [9.17, 15) is 9.90 Å². The quantitative estimate of drug-likeness (QED) is 0.607. The van der Waals surface area contributed by atoms with Gasteiger partial charge in [-0.1, -0.05) is 38.1 Å². The molecule has 5 rings (SSSR count). The molecule has 1 amide bonds. The molecular formula is C28H36N4O3. The monoisotopic (exact) mass is 476 g/mol. The predicted octanol–water partition coefficient (Wildman–Crippen LogP) is 3.80. The lowest BCUT2D eigenvalue weighted by atomic mass is 9.94. The number of benzene rings is 1. The summed E-state index contributed by atoms with van der Waals surface area (Å²) in [6.45, 7) is 9.04. The number of hydrogen-bond donors (Lipinski definition) is 1. The van der Waals surface area contributed by atoms with Crippen LogP contribution in [0, 0.1) is 0 Å². The number of carbonyl (C=O) groups is 1. The fraction of sp³-hybridized carbons (Fsp3) is 0.500. The van der Waals surface area contributed by atoms with Crippen LogP contribution < -0.4 is 0 Å². The van der Waals surface area contributed by atoms with Crippen molar-refractivity contribution in [3.8, 4) is 0 Å². The zero-order valence-electron chi connectivity index (χ0n) is 21.1. The van der Waals surface area contributed by atoms with Crippen molar-refractivity contribution in [2.75, 3.05) is 26.7 Å². The summed E-state index contributed by atoms with van der Waals surface area (Å²) in [4.78, 5) is 22.3. The summed E-state index contributed by atoms with van der Waals surface area (Å²) in [5, 5.41) is 11.0. The first-order chi connectivity index (χ1) is 16.9. The van der Waals surface area contributed by atoms with Gasteiger partial charge >= 0.3 is 0 Å². The summed E-state index contributed by atoms with van der Waals surface area (Å²) in [6, 6.07) is 10.7. The van der Waals surface area contributed by atoms with Gasteiger partial charge in [-0.25, -0.2) is 4.98 Å². The number of nitrogens with zero attached hydrogens (tertiary/aromatic N) is 4. The Labute approximate surface area is 207 Å². The Kier molecular flexibility index (Phi) is 6.66. The molecule has 1 N–H and O–H groups in total. The van der Waals surface area contributed by atoms with Crippen LogP contribution in [0.2, 0.25) is 0 Å². The van der Waals surface area contributed by atoms with E-state index in [4.69, 9.17) is 9.72 Å². The molecule has 1 saturated heterocycles. The van der Waals surface area contributed by atoms with Gasteiger partial charge in [-0.2, -0.15) is 0 Å². The van der Waals surface area contributed by atoms with Crippen LogP contribution in [-0.2, 0) is 17.7 Å². The standard InChI is InChI=1S/C28H36N4O3/c1-18(2)22-13-23(19(3)35-4)27-29-24(16-32(27)15-22)28(34)31-12-10-25(26(33)17-31)30-11-9-20-7-5-6-8-21(20)14-30/h5-8,13,15-16,18-19,25-26,33H,9-12,14,17H2,1-4H3/t19-,25+,26+/m1/s1. The van der Waals surface area contributed by atoms with E-state index in [2.05, 4.69) is 49.1 Å². The minimum absolute atomic E-state index is 0.0660. The summed E-state index contributed by atoms with van der Waals surface area (Å²) in [6.07, 6.45) is 4.91. The third-order valence-electron chi connectivity index (χ3n) is 7.74. The number of aliphatic hydroxyl groups is 1. The minimum Gasteiger partial charge on any atom is -0.390 e. The van der Waals surface area contributed by atoms with E-state index in [1.54, 1.807) is 12.0 Å². The largest absolute Gasteiger partial charge is 0.390 e. The first-order valence-electron chi connectivity index (χ1n) is 12.7. The van der Waals surface area contributed by atoms with Crippen molar-refractivity contribution in [3.05, 3.63) is 70.7 Å². The zero-order valence-corrected chi connectivity index (χ0v) is 21.1. The van der Waals surface area contributed by atoms with Crippen LogP contribution in [0.3, 0.4) is 0 Å². The number of likely N-dealkylation sites (tertiary alicyclic amines) is 1. The van der Waals surface area contributed by atoms with Gasteiger partial charge in [-0.15, -0.1) is 0 Å². The van der Waals surface area contributed by atoms with Crippen LogP contribution in [0.1, 0.15) is 72.0 Å². The van der Waals surface area contributed by atoms with Gasteiger partial charge in [0, 0.05) is 57.3 Å². The van der Waals surface area contributed by atoms with E-state index in [-0.39, 0.29) is 18.1 Å². The second-order valence-corrected chi connectivity index (χ2v) is 10.3. The number of fused-ring (bicyclic) bond motifs is 2. The number of hydrogen-bond acceptors (Lipinski definition) is 5. The Bertz CT molecular complexity index is 1220. The van der Waals surface area contributed by atoms with E-state index in [1.807, 2.05) is 23.7 Å². The number of amides is 1. The fourth-order valence-electron chi connectivity index (χ4n) is 5.48. The molecule has 0 aliphatic carbocycles. The topological polar surface area (TPSA) is 70.3 Å². The number of carbonyl (C=O) groups excluding carboxylic acids is 1.